The molecule has 120 valence electrons. The Balaban J connectivity index is 1.73. The number of hydrogen-bond donors (Lipinski definition) is 2. The number of benzene rings is 2. The lowest BCUT2D eigenvalue weighted by molar-refractivity contribution is -0.121. The highest BCUT2D eigenvalue weighted by Gasteiger charge is 2.05. The van der Waals surface area contributed by atoms with Gasteiger partial charge in [0.25, 0.3) is 0 Å². The molecule has 2 N–H and O–H groups in total. The van der Waals surface area contributed by atoms with Crippen molar-refractivity contribution in [2.24, 2.45) is 0 Å². The Morgan fingerprint density at radius 2 is 1.78 bits per heavy atom. The largest absolute Gasteiger partial charge is 0.491 e. The predicted octanol–water partition coefficient (Wildman–Crippen LogP) is 3.12. The maximum absolute atomic E-state index is 11.7. The summed E-state index contributed by atoms with van der Waals surface area (Å²) in [6.45, 7) is 0.568. The van der Waals surface area contributed by atoms with Gasteiger partial charge in [-0.3, -0.25) is 4.79 Å². The van der Waals surface area contributed by atoms with Crippen LogP contribution in [0.3, 0.4) is 0 Å². The Labute approximate surface area is 138 Å². The average Bonchev–Trinajstić information content (AvgIpc) is 2.55. The van der Waals surface area contributed by atoms with E-state index in [4.69, 9.17) is 21.4 Å². The molecule has 5 nitrogen and oxygen atoms in total. The van der Waals surface area contributed by atoms with Crippen molar-refractivity contribution in [3.05, 3.63) is 64.7 Å². The molecule has 1 amide bonds. The van der Waals surface area contributed by atoms with Gasteiger partial charge in [-0.15, -0.1) is 0 Å². The molecule has 2 aromatic carbocycles. The summed E-state index contributed by atoms with van der Waals surface area (Å²) in [6.07, 6.45) is 0.207. The molecule has 0 saturated heterocycles. The van der Waals surface area contributed by atoms with Gasteiger partial charge in [-0.25, -0.2) is 4.79 Å². The van der Waals surface area contributed by atoms with E-state index in [1.807, 2.05) is 6.07 Å². The van der Waals surface area contributed by atoms with Gasteiger partial charge < -0.3 is 15.2 Å². The molecule has 0 unspecified atom stereocenters. The molecule has 6 heteroatoms. The number of nitrogens with one attached hydrogen (secondary N) is 1. The number of carbonyl (C=O) groups is 2. The average molecular weight is 334 g/mol. The highest BCUT2D eigenvalue weighted by Crippen LogP contribution is 2.22. The minimum atomic E-state index is -0.975. The molecule has 0 atom stereocenters. The van der Waals surface area contributed by atoms with E-state index >= 15 is 0 Å². The van der Waals surface area contributed by atoms with Gasteiger partial charge in [0.15, 0.2) is 0 Å². The molecule has 0 aromatic heterocycles. The number of para-hydroxylation sites is 1. The van der Waals surface area contributed by atoms with E-state index in [0.717, 1.165) is 5.56 Å². The quantitative estimate of drug-likeness (QED) is 0.816. The zero-order chi connectivity index (χ0) is 16.7. The maximum atomic E-state index is 11.7. The summed E-state index contributed by atoms with van der Waals surface area (Å²) >= 11 is 5.95. The molecule has 0 heterocycles. The molecular weight excluding hydrogens is 318 g/mol. The molecule has 0 saturated carbocycles. The third-order valence-electron chi connectivity index (χ3n) is 3.11. The number of ether oxygens (including phenoxy) is 1. The van der Waals surface area contributed by atoms with Crippen molar-refractivity contribution in [2.45, 2.75) is 13.0 Å². The first-order valence-corrected chi connectivity index (χ1v) is 7.40. The zero-order valence-corrected chi connectivity index (χ0v) is 13.0. The van der Waals surface area contributed by atoms with Crippen LogP contribution >= 0.6 is 11.6 Å². The fourth-order valence-electron chi connectivity index (χ4n) is 1.87. The fraction of sp³-hybridized carbons (Fsp3) is 0.176. The smallest absolute Gasteiger partial charge is 0.335 e. The van der Waals surface area contributed by atoms with Crippen LogP contribution in [0.25, 0.3) is 0 Å². The van der Waals surface area contributed by atoms with E-state index in [1.165, 1.54) is 12.1 Å². The second-order valence-corrected chi connectivity index (χ2v) is 5.21. The van der Waals surface area contributed by atoms with Crippen molar-refractivity contribution in [1.82, 2.24) is 5.32 Å². The lowest BCUT2D eigenvalue weighted by Gasteiger charge is -2.08. The number of carboxylic acid groups (broad SMARTS) is 1. The van der Waals surface area contributed by atoms with Gasteiger partial charge in [0, 0.05) is 6.54 Å². The molecule has 0 aliphatic rings. The summed E-state index contributed by atoms with van der Waals surface area (Å²) in [5, 5.41) is 12.1. The molecule has 0 fully saturated rings. The summed E-state index contributed by atoms with van der Waals surface area (Å²) in [6, 6.07) is 13.4. The number of carboxylic acids is 1. The van der Waals surface area contributed by atoms with E-state index in [2.05, 4.69) is 5.32 Å². The number of amides is 1. The Morgan fingerprint density at radius 3 is 2.43 bits per heavy atom. The van der Waals surface area contributed by atoms with Crippen LogP contribution in [-0.4, -0.2) is 23.6 Å². The lowest BCUT2D eigenvalue weighted by Crippen LogP contribution is -2.24. The van der Waals surface area contributed by atoms with E-state index in [0.29, 0.717) is 17.3 Å². The maximum Gasteiger partial charge on any atom is 0.335 e. The SMILES string of the molecule is O=C(CCOc1ccccc1Cl)NCc1ccc(C(=O)O)cc1. The van der Waals surface area contributed by atoms with Gasteiger partial charge >= 0.3 is 5.97 Å². The summed E-state index contributed by atoms with van der Waals surface area (Å²) in [5.74, 6) is -0.581. The number of rotatable bonds is 7. The van der Waals surface area contributed by atoms with Crippen LogP contribution in [0.2, 0.25) is 5.02 Å². The summed E-state index contributed by atoms with van der Waals surface area (Å²) in [7, 11) is 0. The Kier molecular flexibility index (Phi) is 6.00. The van der Waals surface area contributed by atoms with Crippen molar-refractivity contribution < 1.29 is 19.4 Å². The normalized spacial score (nSPS) is 10.1. The molecule has 0 aliphatic heterocycles. The van der Waals surface area contributed by atoms with E-state index in [9.17, 15) is 9.59 Å². The zero-order valence-electron chi connectivity index (χ0n) is 12.3. The highest BCUT2D eigenvalue weighted by atomic mass is 35.5. The van der Waals surface area contributed by atoms with Gasteiger partial charge in [0.1, 0.15) is 5.75 Å². The van der Waals surface area contributed by atoms with Crippen LogP contribution in [0.1, 0.15) is 22.3 Å². The second-order valence-electron chi connectivity index (χ2n) is 4.81. The minimum absolute atomic E-state index is 0.153. The predicted molar refractivity (Wildman–Crippen MR) is 86.8 cm³/mol. The van der Waals surface area contributed by atoms with Crippen LogP contribution in [0, 0.1) is 0 Å². The van der Waals surface area contributed by atoms with Crippen molar-refractivity contribution in [3.63, 3.8) is 0 Å². The molecule has 0 aliphatic carbocycles. The van der Waals surface area contributed by atoms with Crippen molar-refractivity contribution in [3.8, 4) is 5.75 Å². The molecule has 0 spiro atoms. The summed E-state index contributed by atoms with van der Waals surface area (Å²) < 4.78 is 5.44. The molecule has 23 heavy (non-hydrogen) atoms. The molecular formula is C17H16ClNO4. The Morgan fingerprint density at radius 1 is 1.09 bits per heavy atom. The molecule has 2 rings (SSSR count). The van der Waals surface area contributed by atoms with Crippen molar-refractivity contribution in [2.75, 3.05) is 6.61 Å². The number of hydrogen-bond acceptors (Lipinski definition) is 3. The topological polar surface area (TPSA) is 75.6 Å². The minimum Gasteiger partial charge on any atom is -0.491 e. The van der Waals surface area contributed by atoms with E-state index < -0.39 is 5.97 Å². The Hall–Kier alpha value is -2.53. The van der Waals surface area contributed by atoms with Gasteiger partial charge in [0.2, 0.25) is 5.91 Å². The molecule has 2 aromatic rings. The Bertz CT molecular complexity index is 685. The molecule has 0 bridgehead atoms. The van der Waals surface area contributed by atoms with Gasteiger partial charge in [-0.2, -0.15) is 0 Å². The summed E-state index contributed by atoms with van der Waals surface area (Å²) in [4.78, 5) is 22.5. The number of halogens is 1. The van der Waals surface area contributed by atoms with Gasteiger partial charge in [-0.05, 0) is 29.8 Å². The van der Waals surface area contributed by atoms with Crippen molar-refractivity contribution in [1.29, 1.82) is 0 Å². The highest BCUT2D eigenvalue weighted by molar-refractivity contribution is 6.32. The lowest BCUT2D eigenvalue weighted by atomic mass is 10.1. The van der Waals surface area contributed by atoms with Crippen molar-refractivity contribution >= 4 is 23.5 Å². The standard InChI is InChI=1S/C17H16ClNO4/c18-14-3-1-2-4-15(14)23-10-9-16(20)19-11-12-5-7-13(8-6-12)17(21)22/h1-8H,9-11H2,(H,19,20)(H,21,22). The monoisotopic (exact) mass is 333 g/mol. The first-order chi connectivity index (χ1) is 11.1. The first-order valence-electron chi connectivity index (χ1n) is 7.02. The third kappa shape index (κ3) is 5.30. The number of carbonyl (C=O) groups excluding carboxylic acids is 1. The van der Waals surface area contributed by atoms with Crippen LogP contribution in [-0.2, 0) is 11.3 Å². The van der Waals surface area contributed by atoms with E-state index in [1.54, 1.807) is 30.3 Å². The van der Waals surface area contributed by atoms with Crippen LogP contribution in [0.5, 0.6) is 5.75 Å². The van der Waals surface area contributed by atoms with Crippen LogP contribution in [0.15, 0.2) is 48.5 Å². The fourth-order valence-corrected chi connectivity index (χ4v) is 2.06. The van der Waals surface area contributed by atoms with Gasteiger partial charge in [0.05, 0.1) is 23.6 Å². The first kappa shape index (κ1) is 16.8. The third-order valence-corrected chi connectivity index (χ3v) is 3.43. The number of aromatic carboxylic acids is 1. The van der Waals surface area contributed by atoms with Gasteiger partial charge in [-0.1, -0.05) is 35.9 Å². The van der Waals surface area contributed by atoms with Crippen LogP contribution in [0.4, 0.5) is 0 Å². The van der Waals surface area contributed by atoms with Crippen LogP contribution < -0.4 is 10.1 Å². The van der Waals surface area contributed by atoms with E-state index in [-0.39, 0.29) is 24.5 Å². The molecule has 0 radical (unpaired) electrons. The second kappa shape index (κ2) is 8.19. The summed E-state index contributed by atoms with van der Waals surface area (Å²) in [5.41, 5.74) is 1.04.